The van der Waals surface area contributed by atoms with Crippen molar-refractivity contribution in [3.05, 3.63) is 45.5 Å². The number of anilines is 2. The third-order valence-electron chi connectivity index (χ3n) is 6.22. The van der Waals surface area contributed by atoms with Gasteiger partial charge in [-0.05, 0) is 13.0 Å². The minimum atomic E-state index is -4.91. The van der Waals surface area contributed by atoms with Gasteiger partial charge in [-0.2, -0.15) is 31.4 Å². The van der Waals surface area contributed by atoms with Crippen LogP contribution in [0.4, 0.5) is 37.8 Å². The Balaban J connectivity index is 1.30. The Hall–Kier alpha value is -3.73. The molecule has 0 aromatic carbocycles. The number of carbonyl (C=O) groups excluding carboxylic acids is 2. The number of H-pyrrole nitrogens is 1. The molecule has 2 aromatic heterocycles. The quantitative estimate of drug-likeness (QED) is 0.375. The van der Waals surface area contributed by atoms with E-state index in [-0.39, 0.29) is 57.3 Å². The standard InChI is InChI=1S/C23H24F6N6O5/c1-12(32-16-6-31-33-21(38)19(16)23(27,28)29)9-39-3-2-17(36)35-7-15-11-40-10-13-4-14(22(24,25)26)5-30-20(13)34(15)8-18(35)37/h4-6,12,15H,2-3,7-11H2,1H3,(H2,32,33,38)/t12-,15+/m0/s1. The molecule has 2 aromatic rings. The molecule has 0 saturated carbocycles. The van der Waals surface area contributed by atoms with Crippen LogP contribution < -0.4 is 15.8 Å². The number of hydrogen-bond acceptors (Lipinski definition) is 9. The Bertz CT molecular complexity index is 1320. The van der Waals surface area contributed by atoms with Crippen molar-refractivity contribution in [2.75, 3.05) is 43.1 Å². The number of fused-ring (bicyclic) bond motifs is 3. The van der Waals surface area contributed by atoms with Crippen molar-refractivity contribution in [3.63, 3.8) is 0 Å². The molecule has 0 bridgehead atoms. The Labute approximate surface area is 222 Å². The Morgan fingerprint density at radius 3 is 2.67 bits per heavy atom. The second kappa shape index (κ2) is 11.4. The van der Waals surface area contributed by atoms with Gasteiger partial charge >= 0.3 is 12.4 Å². The maximum Gasteiger partial charge on any atom is 0.423 e. The minimum Gasteiger partial charge on any atom is -0.379 e. The van der Waals surface area contributed by atoms with Gasteiger partial charge in [-0.3, -0.25) is 19.3 Å². The summed E-state index contributed by atoms with van der Waals surface area (Å²) in [6, 6.07) is -0.294. The maximum absolute atomic E-state index is 13.2. The molecule has 0 radical (unpaired) electrons. The number of pyridine rings is 1. The van der Waals surface area contributed by atoms with Crippen LogP contribution >= 0.6 is 0 Å². The molecule has 40 heavy (non-hydrogen) atoms. The van der Waals surface area contributed by atoms with E-state index < -0.39 is 58.6 Å². The summed E-state index contributed by atoms with van der Waals surface area (Å²) in [5.74, 6) is -0.953. The first kappa shape index (κ1) is 29.3. The van der Waals surface area contributed by atoms with Crippen molar-refractivity contribution in [2.24, 2.45) is 0 Å². The second-order valence-electron chi connectivity index (χ2n) is 9.26. The first-order chi connectivity index (χ1) is 18.8. The largest absolute Gasteiger partial charge is 0.423 e. The van der Waals surface area contributed by atoms with E-state index in [2.05, 4.69) is 15.4 Å². The normalized spacial score (nSPS) is 18.6. The van der Waals surface area contributed by atoms with Crippen molar-refractivity contribution in [3.8, 4) is 0 Å². The molecule has 1 fully saturated rings. The number of piperazine rings is 1. The van der Waals surface area contributed by atoms with Crippen LogP contribution in [0.5, 0.6) is 0 Å². The summed E-state index contributed by atoms with van der Waals surface area (Å²) in [7, 11) is 0. The number of rotatable bonds is 7. The molecule has 2 atom stereocenters. The summed E-state index contributed by atoms with van der Waals surface area (Å²) in [6.45, 7) is 0.764. The monoisotopic (exact) mass is 578 g/mol. The SMILES string of the molecule is C[C@@H](COCCC(=O)N1C[C@@H]2COCc3cc(C(F)(F)F)cnc3N2CC1=O)Nc1cn[nH]c(=O)c1C(F)(F)F. The van der Waals surface area contributed by atoms with Gasteiger partial charge in [0, 0.05) is 17.8 Å². The lowest BCUT2D eigenvalue weighted by Crippen LogP contribution is -2.59. The molecule has 1 saturated heterocycles. The summed E-state index contributed by atoms with van der Waals surface area (Å²) in [5, 5.41) is 7.61. The number of carbonyl (C=O) groups is 2. The van der Waals surface area contributed by atoms with Crippen molar-refractivity contribution in [2.45, 2.75) is 44.4 Å². The summed E-state index contributed by atoms with van der Waals surface area (Å²) >= 11 is 0. The molecule has 0 aliphatic carbocycles. The molecule has 4 heterocycles. The van der Waals surface area contributed by atoms with E-state index in [0.717, 1.165) is 17.2 Å². The second-order valence-corrected chi connectivity index (χ2v) is 9.26. The zero-order chi connectivity index (χ0) is 29.2. The highest BCUT2D eigenvalue weighted by atomic mass is 19.4. The highest BCUT2D eigenvalue weighted by molar-refractivity contribution is 5.98. The molecular formula is C23H24F6N6O5. The summed E-state index contributed by atoms with van der Waals surface area (Å²) in [5.41, 5.74) is -4.11. The minimum absolute atomic E-state index is 0.0472. The number of aromatic nitrogens is 3. The fourth-order valence-corrected chi connectivity index (χ4v) is 4.38. The van der Waals surface area contributed by atoms with Gasteiger partial charge in [-0.1, -0.05) is 0 Å². The zero-order valence-electron chi connectivity index (χ0n) is 20.9. The van der Waals surface area contributed by atoms with E-state index in [0.29, 0.717) is 6.20 Å². The van der Waals surface area contributed by atoms with Gasteiger partial charge in [0.2, 0.25) is 11.8 Å². The van der Waals surface area contributed by atoms with Gasteiger partial charge in [0.25, 0.3) is 5.56 Å². The van der Waals surface area contributed by atoms with Crippen LogP contribution in [0.3, 0.4) is 0 Å². The topological polar surface area (TPSA) is 130 Å². The number of amides is 2. The van der Waals surface area contributed by atoms with Crippen LogP contribution in [0, 0.1) is 0 Å². The van der Waals surface area contributed by atoms with Crippen LogP contribution in [-0.4, -0.2) is 76.9 Å². The van der Waals surface area contributed by atoms with Crippen LogP contribution in [-0.2, 0) is 38.0 Å². The maximum atomic E-state index is 13.2. The van der Waals surface area contributed by atoms with Gasteiger partial charge in [0.1, 0.15) is 11.4 Å². The Morgan fingerprint density at radius 1 is 1.23 bits per heavy atom. The lowest BCUT2D eigenvalue weighted by atomic mass is 10.1. The third-order valence-corrected chi connectivity index (χ3v) is 6.22. The third kappa shape index (κ3) is 6.52. The molecule has 0 spiro atoms. The van der Waals surface area contributed by atoms with Crippen molar-refractivity contribution in [1.82, 2.24) is 20.1 Å². The average Bonchev–Trinajstić information content (AvgIpc) is 3.03. The van der Waals surface area contributed by atoms with Crippen LogP contribution in [0.2, 0.25) is 0 Å². The first-order valence-electron chi connectivity index (χ1n) is 12.0. The molecule has 2 aliphatic rings. The number of nitrogens with zero attached hydrogens (tertiary/aromatic N) is 4. The van der Waals surface area contributed by atoms with Crippen molar-refractivity contribution < 1.29 is 45.4 Å². The fraction of sp³-hybridized carbons (Fsp3) is 0.522. The van der Waals surface area contributed by atoms with Crippen molar-refractivity contribution in [1.29, 1.82) is 0 Å². The molecular weight excluding hydrogens is 554 g/mol. The summed E-state index contributed by atoms with van der Waals surface area (Å²) < 4.78 is 89.7. The van der Waals surface area contributed by atoms with E-state index in [4.69, 9.17) is 9.47 Å². The Morgan fingerprint density at radius 2 is 1.98 bits per heavy atom. The zero-order valence-corrected chi connectivity index (χ0v) is 20.9. The molecule has 0 unspecified atom stereocenters. The summed E-state index contributed by atoms with van der Waals surface area (Å²) in [6.07, 6.45) is -8.19. The number of aromatic amines is 1. The summed E-state index contributed by atoms with van der Waals surface area (Å²) in [4.78, 5) is 43.5. The number of hydrogen-bond donors (Lipinski definition) is 2. The van der Waals surface area contributed by atoms with E-state index in [1.165, 1.54) is 11.8 Å². The Kier molecular flexibility index (Phi) is 8.34. The number of imide groups is 1. The first-order valence-corrected chi connectivity index (χ1v) is 12.0. The van der Waals surface area contributed by atoms with Crippen LogP contribution in [0.15, 0.2) is 23.3 Å². The van der Waals surface area contributed by atoms with Gasteiger partial charge in [-0.25, -0.2) is 10.1 Å². The molecule has 2 N–H and O–H groups in total. The highest BCUT2D eigenvalue weighted by Crippen LogP contribution is 2.34. The highest BCUT2D eigenvalue weighted by Gasteiger charge is 2.40. The van der Waals surface area contributed by atoms with E-state index in [1.54, 1.807) is 5.10 Å². The van der Waals surface area contributed by atoms with Gasteiger partial charge < -0.3 is 19.7 Å². The molecule has 218 valence electrons. The predicted molar refractivity (Wildman–Crippen MR) is 125 cm³/mol. The van der Waals surface area contributed by atoms with E-state index in [9.17, 15) is 40.7 Å². The lowest BCUT2D eigenvalue weighted by Gasteiger charge is -2.39. The van der Waals surface area contributed by atoms with E-state index in [1.807, 2.05) is 0 Å². The van der Waals surface area contributed by atoms with Crippen LogP contribution in [0.25, 0.3) is 0 Å². The number of nitrogens with one attached hydrogen (secondary N) is 2. The van der Waals surface area contributed by atoms with Gasteiger partial charge in [0.15, 0.2) is 0 Å². The number of ether oxygens (including phenoxy) is 2. The smallest absolute Gasteiger partial charge is 0.379 e. The number of alkyl halides is 6. The molecule has 2 aliphatic heterocycles. The van der Waals surface area contributed by atoms with Gasteiger partial charge in [0.05, 0.1) is 69.4 Å². The van der Waals surface area contributed by atoms with E-state index >= 15 is 0 Å². The predicted octanol–water partition coefficient (Wildman–Crippen LogP) is 2.18. The molecule has 2 amide bonds. The van der Waals surface area contributed by atoms with Crippen LogP contribution in [0.1, 0.15) is 30.0 Å². The number of halogens is 6. The molecule has 11 nitrogen and oxygen atoms in total. The van der Waals surface area contributed by atoms with Gasteiger partial charge in [-0.15, -0.1) is 0 Å². The molecule has 17 heteroatoms. The lowest BCUT2D eigenvalue weighted by molar-refractivity contribution is -0.147. The molecule has 4 rings (SSSR count). The average molecular weight is 578 g/mol. The fourth-order valence-electron chi connectivity index (χ4n) is 4.38. The van der Waals surface area contributed by atoms with Crippen molar-refractivity contribution >= 4 is 23.3 Å².